The van der Waals surface area contributed by atoms with Gasteiger partial charge in [0.25, 0.3) is 5.91 Å². The molecular weight excluding hydrogens is 318 g/mol. The van der Waals surface area contributed by atoms with Crippen molar-refractivity contribution in [3.05, 3.63) is 24.0 Å². The molecule has 6 nitrogen and oxygen atoms in total. The normalized spacial score (nSPS) is 34.9. The topological polar surface area (TPSA) is 73.5 Å². The minimum atomic E-state index is -0.823. The first-order valence-corrected chi connectivity index (χ1v) is 9.19. The summed E-state index contributed by atoms with van der Waals surface area (Å²) in [6, 6.07) is 3.04. The molecule has 0 aromatic carbocycles. The van der Waals surface area contributed by atoms with Crippen LogP contribution in [0.4, 0.5) is 4.79 Å². The smallest absolute Gasteiger partial charge is 0.327 e. The maximum atomic E-state index is 13.2. The number of hydrogen-bond acceptors (Lipinski definition) is 3. The van der Waals surface area contributed by atoms with Crippen LogP contribution in [0.5, 0.6) is 0 Å². The number of rotatable bonds is 4. The summed E-state index contributed by atoms with van der Waals surface area (Å²) < 4.78 is 0. The molecular formula is C19H25N3O3. The number of aromatic amines is 1. The van der Waals surface area contributed by atoms with Crippen LogP contribution in [0.25, 0.3) is 0 Å². The minimum absolute atomic E-state index is 0.196. The van der Waals surface area contributed by atoms with Crippen LogP contribution >= 0.6 is 0 Å². The summed E-state index contributed by atoms with van der Waals surface area (Å²) >= 11 is 0. The number of fused-ring (bicyclic) bond motifs is 3. The third-order valence-corrected chi connectivity index (χ3v) is 6.86. The zero-order valence-electron chi connectivity index (χ0n) is 14.8. The summed E-state index contributed by atoms with van der Waals surface area (Å²) in [5.41, 5.74) is -0.398. The van der Waals surface area contributed by atoms with E-state index >= 15 is 0 Å². The number of urea groups is 1. The number of hydrogen-bond donors (Lipinski definition) is 1. The standard InChI is InChI=1S/C19H25N3O3/c1-19(14-10-12-5-7-13(14)8-6-12)17(24)22(18(25)21(19)2)11-16(23)15-4-3-9-20-15/h3-4,9,12-14,20H,5-8,10-11H2,1-2H3/t12-,13-,14?,19?. The third-order valence-electron chi connectivity index (χ3n) is 6.86. The Morgan fingerprint density at radius 2 is 2.00 bits per heavy atom. The predicted molar refractivity (Wildman–Crippen MR) is 92.0 cm³/mol. The van der Waals surface area contributed by atoms with Crippen LogP contribution < -0.4 is 0 Å². The molecule has 1 aromatic heterocycles. The predicted octanol–water partition coefficient (Wildman–Crippen LogP) is 2.68. The van der Waals surface area contributed by atoms with E-state index in [9.17, 15) is 14.4 Å². The van der Waals surface area contributed by atoms with Crippen LogP contribution in [0.15, 0.2) is 18.3 Å². The molecule has 3 amide bonds. The van der Waals surface area contributed by atoms with E-state index in [1.807, 2.05) is 6.92 Å². The first kappa shape index (κ1) is 16.4. The summed E-state index contributed by atoms with van der Waals surface area (Å²) in [7, 11) is 1.71. The molecule has 4 aliphatic rings. The van der Waals surface area contributed by atoms with Crippen molar-refractivity contribution in [1.29, 1.82) is 0 Å². The zero-order chi connectivity index (χ0) is 17.8. The molecule has 5 rings (SSSR count). The molecule has 0 spiro atoms. The van der Waals surface area contributed by atoms with Gasteiger partial charge in [-0.25, -0.2) is 4.79 Å². The molecule has 1 saturated heterocycles. The summed E-state index contributed by atoms with van der Waals surface area (Å²) in [5, 5.41) is 0. The Bertz CT molecular complexity index is 706. The van der Waals surface area contributed by atoms with Crippen molar-refractivity contribution < 1.29 is 14.4 Å². The van der Waals surface area contributed by atoms with Gasteiger partial charge in [0.05, 0.1) is 12.2 Å². The van der Waals surface area contributed by atoms with Crippen LogP contribution in [-0.4, -0.2) is 51.6 Å². The molecule has 134 valence electrons. The lowest BCUT2D eigenvalue weighted by atomic mass is 9.59. The number of aromatic nitrogens is 1. The number of H-pyrrole nitrogens is 1. The maximum absolute atomic E-state index is 13.2. The maximum Gasteiger partial charge on any atom is 0.327 e. The number of nitrogens with zero attached hydrogens (tertiary/aromatic N) is 2. The largest absolute Gasteiger partial charge is 0.359 e. The van der Waals surface area contributed by atoms with E-state index in [2.05, 4.69) is 4.98 Å². The summed E-state index contributed by atoms with van der Waals surface area (Å²) in [6.07, 6.45) is 7.48. The van der Waals surface area contributed by atoms with Crippen LogP contribution in [0.3, 0.4) is 0 Å². The first-order valence-electron chi connectivity index (χ1n) is 9.19. The highest BCUT2D eigenvalue weighted by Crippen LogP contribution is 2.52. The molecule has 6 heteroatoms. The van der Waals surface area contributed by atoms with Crippen LogP contribution in [0, 0.1) is 17.8 Å². The highest BCUT2D eigenvalue weighted by atomic mass is 16.2. The van der Waals surface area contributed by atoms with E-state index in [0.717, 1.165) is 24.2 Å². The molecule has 1 aromatic rings. The van der Waals surface area contributed by atoms with Gasteiger partial charge in [-0.3, -0.25) is 14.5 Å². The van der Waals surface area contributed by atoms with Crippen molar-refractivity contribution >= 4 is 17.7 Å². The van der Waals surface area contributed by atoms with Crippen molar-refractivity contribution in [3.8, 4) is 0 Å². The van der Waals surface area contributed by atoms with Gasteiger partial charge in [-0.2, -0.15) is 0 Å². The molecule has 2 bridgehead atoms. The van der Waals surface area contributed by atoms with Crippen molar-refractivity contribution in [2.75, 3.05) is 13.6 Å². The fourth-order valence-electron chi connectivity index (χ4n) is 5.23. The molecule has 2 heterocycles. The molecule has 3 saturated carbocycles. The fourth-order valence-corrected chi connectivity index (χ4v) is 5.23. The number of Topliss-reactive ketones (excluding diaryl/α,β-unsaturated/α-hetero) is 1. The quantitative estimate of drug-likeness (QED) is 0.675. The number of likely N-dealkylation sites (N-methyl/N-ethyl adjacent to an activating group) is 1. The molecule has 2 unspecified atom stereocenters. The lowest BCUT2D eigenvalue weighted by Crippen LogP contribution is -2.56. The summed E-state index contributed by atoms with van der Waals surface area (Å²) in [4.78, 5) is 43.9. The fraction of sp³-hybridized carbons (Fsp3) is 0.632. The minimum Gasteiger partial charge on any atom is -0.359 e. The SMILES string of the molecule is CN1C(=O)N(CC(=O)c2ccc[nH]2)C(=O)C1(C)C1C[C@H]2CC[C@H]1CC2. The highest BCUT2D eigenvalue weighted by Gasteiger charge is 2.60. The first-order chi connectivity index (χ1) is 11.9. The molecule has 25 heavy (non-hydrogen) atoms. The molecule has 4 fully saturated rings. The molecule has 3 aliphatic carbocycles. The Balaban J connectivity index is 1.59. The molecule has 0 radical (unpaired) electrons. The van der Waals surface area contributed by atoms with Crippen molar-refractivity contribution in [2.24, 2.45) is 17.8 Å². The Hall–Kier alpha value is -2.11. The van der Waals surface area contributed by atoms with Crippen LogP contribution in [0.2, 0.25) is 0 Å². The van der Waals surface area contributed by atoms with Crippen LogP contribution in [-0.2, 0) is 4.79 Å². The number of imide groups is 1. The van der Waals surface area contributed by atoms with Crippen molar-refractivity contribution in [3.63, 3.8) is 0 Å². The lowest BCUT2D eigenvalue weighted by Gasteiger charge is -2.49. The molecule has 2 atom stereocenters. The van der Waals surface area contributed by atoms with Crippen LogP contribution in [0.1, 0.15) is 49.5 Å². The van der Waals surface area contributed by atoms with Gasteiger partial charge in [-0.1, -0.05) is 12.8 Å². The van der Waals surface area contributed by atoms with Gasteiger partial charge >= 0.3 is 6.03 Å². The van der Waals surface area contributed by atoms with E-state index in [4.69, 9.17) is 0 Å². The molecule has 1 N–H and O–H groups in total. The Morgan fingerprint density at radius 3 is 2.56 bits per heavy atom. The number of carbonyl (C=O) groups excluding carboxylic acids is 3. The lowest BCUT2D eigenvalue weighted by molar-refractivity contribution is -0.138. The van der Waals surface area contributed by atoms with Gasteiger partial charge in [0.15, 0.2) is 5.78 Å². The van der Waals surface area contributed by atoms with E-state index in [1.165, 1.54) is 12.8 Å². The van der Waals surface area contributed by atoms with Gasteiger partial charge in [0, 0.05) is 13.2 Å². The second kappa shape index (κ2) is 5.71. The van der Waals surface area contributed by atoms with Gasteiger partial charge in [0.1, 0.15) is 5.54 Å². The third kappa shape index (κ3) is 2.34. The summed E-state index contributed by atoms with van der Waals surface area (Å²) in [6.45, 7) is 1.71. The van der Waals surface area contributed by atoms with Gasteiger partial charge in [-0.05, 0) is 56.1 Å². The second-order valence-electron chi connectivity index (χ2n) is 8.01. The van der Waals surface area contributed by atoms with Crippen molar-refractivity contribution in [2.45, 2.75) is 44.6 Å². The number of ketones is 1. The Kier molecular flexibility index (Phi) is 3.74. The number of amides is 3. The zero-order valence-corrected chi connectivity index (χ0v) is 14.8. The van der Waals surface area contributed by atoms with E-state index in [-0.39, 0.29) is 30.2 Å². The van der Waals surface area contributed by atoms with E-state index < -0.39 is 5.54 Å². The monoisotopic (exact) mass is 343 g/mol. The average Bonchev–Trinajstić information content (AvgIpc) is 3.23. The Labute approximate surface area is 147 Å². The van der Waals surface area contributed by atoms with Gasteiger partial charge in [-0.15, -0.1) is 0 Å². The summed E-state index contributed by atoms with van der Waals surface area (Å²) in [5.74, 6) is 0.935. The second-order valence-corrected chi connectivity index (χ2v) is 8.01. The van der Waals surface area contributed by atoms with Gasteiger partial charge < -0.3 is 9.88 Å². The Morgan fingerprint density at radius 1 is 1.28 bits per heavy atom. The van der Waals surface area contributed by atoms with E-state index in [0.29, 0.717) is 17.5 Å². The van der Waals surface area contributed by atoms with E-state index in [1.54, 1.807) is 30.3 Å². The number of carbonyl (C=O) groups is 3. The highest BCUT2D eigenvalue weighted by molar-refractivity contribution is 6.10. The number of nitrogens with one attached hydrogen (secondary N) is 1. The van der Waals surface area contributed by atoms with Crippen molar-refractivity contribution in [1.82, 2.24) is 14.8 Å². The average molecular weight is 343 g/mol. The van der Waals surface area contributed by atoms with Gasteiger partial charge in [0.2, 0.25) is 0 Å². The molecule has 1 aliphatic heterocycles.